The van der Waals surface area contributed by atoms with Gasteiger partial charge in [0.25, 0.3) is 0 Å². The highest BCUT2D eigenvalue weighted by molar-refractivity contribution is 4.79. The van der Waals surface area contributed by atoms with Crippen LogP contribution >= 0.6 is 0 Å². The zero-order chi connectivity index (χ0) is 5.98. The van der Waals surface area contributed by atoms with Gasteiger partial charge < -0.3 is 11.1 Å². The van der Waals surface area contributed by atoms with Crippen molar-refractivity contribution in [1.29, 1.82) is 0 Å². The van der Waals surface area contributed by atoms with E-state index >= 15 is 0 Å². The van der Waals surface area contributed by atoms with Crippen LogP contribution in [-0.2, 0) is 0 Å². The Hall–Kier alpha value is -0.0800. The molecule has 1 aliphatic heterocycles. The number of hydrogen-bond acceptors (Lipinski definition) is 2. The molecule has 1 rings (SSSR count). The third-order valence-electron chi connectivity index (χ3n) is 1.82. The van der Waals surface area contributed by atoms with Crippen molar-refractivity contribution in [3.63, 3.8) is 0 Å². The quantitative estimate of drug-likeness (QED) is 0.468. The second-order valence-electron chi connectivity index (χ2n) is 2.55. The van der Waals surface area contributed by atoms with Gasteiger partial charge in [-0.1, -0.05) is 0 Å². The van der Waals surface area contributed by atoms with Crippen LogP contribution in [0.4, 0.5) is 0 Å². The van der Waals surface area contributed by atoms with Crippen molar-refractivity contribution in [2.75, 3.05) is 6.54 Å². The molecule has 2 nitrogen and oxygen atoms in total. The van der Waals surface area contributed by atoms with Crippen molar-refractivity contribution in [1.82, 2.24) is 5.32 Å². The number of nitrogens with one attached hydrogen (secondary N) is 1. The van der Waals surface area contributed by atoms with Gasteiger partial charge in [-0.2, -0.15) is 0 Å². The van der Waals surface area contributed by atoms with Gasteiger partial charge in [-0.15, -0.1) is 0 Å². The summed E-state index contributed by atoms with van der Waals surface area (Å²) >= 11 is 0. The Bertz CT molecular complexity index is 62.9. The molecule has 0 radical (unpaired) electrons. The van der Waals surface area contributed by atoms with Gasteiger partial charge in [-0.05, 0) is 26.3 Å². The van der Waals surface area contributed by atoms with Gasteiger partial charge in [-0.25, -0.2) is 0 Å². The first-order chi connectivity index (χ1) is 3.80. The summed E-state index contributed by atoms with van der Waals surface area (Å²) in [6.07, 6.45) is 2.43. The predicted octanol–water partition coefficient (Wildman–Crippen LogP) is 0.0856. The van der Waals surface area contributed by atoms with Gasteiger partial charge in [0.2, 0.25) is 0 Å². The minimum Gasteiger partial charge on any atom is -0.326 e. The molecule has 2 atom stereocenters. The minimum absolute atomic E-state index is 0.392. The molecule has 1 aliphatic rings. The van der Waals surface area contributed by atoms with Gasteiger partial charge in [0.1, 0.15) is 0 Å². The van der Waals surface area contributed by atoms with Gasteiger partial charge in [-0.3, -0.25) is 0 Å². The van der Waals surface area contributed by atoms with Gasteiger partial charge >= 0.3 is 0 Å². The van der Waals surface area contributed by atoms with E-state index < -0.39 is 0 Å². The molecule has 1 heterocycles. The van der Waals surface area contributed by atoms with Crippen LogP contribution in [0.25, 0.3) is 0 Å². The number of piperidine rings is 1. The molecule has 3 N–H and O–H groups in total. The summed E-state index contributed by atoms with van der Waals surface area (Å²) in [6, 6.07) is 0.924. The van der Waals surface area contributed by atoms with Gasteiger partial charge in [0.15, 0.2) is 0 Å². The Labute approximate surface area is 50.4 Å². The highest BCUT2D eigenvalue weighted by Crippen LogP contribution is 2.03. The minimum atomic E-state index is 0.392. The molecule has 0 aromatic rings. The van der Waals surface area contributed by atoms with E-state index in [2.05, 4.69) is 12.2 Å². The molecule has 0 spiro atoms. The van der Waals surface area contributed by atoms with Crippen molar-refractivity contribution >= 4 is 0 Å². The molecular weight excluding hydrogens is 100 g/mol. The highest BCUT2D eigenvalue weighted by Gasteiger charge is 2.15. The Morgan fingerprint density at radius 2 is 2.38 bits per heavy atom. The summed E-state index contributed by atoms with van der Waals surface area (Å²) in [5.41, 5.74) is 5.72. The van der Waals surface area contributed by atoms with E-state index in [4.69, 9.17) is 5.73 Å². The zero-order valence-electron chi connectivity index (χ0n) is 5.35. The molecule has 2 heteroatoms. The fourth-order valence-electron chi connectivity index (χ4n) is 1.07. The third-order valence-corrected chi connectivity index (χ3v) is 1.82. The van der Waals surface area contributed by atoms with Crippen molar-refractivity contribution < 1.29 is 0 Å². The summed E-state index contributed by atoms with van der Waals surface area (Å²) < 4.78 is 0. The van der Waals surface area contributed by atoms with Crippen LogP contribution in [-0.4, -0.2) is 18.6 Å². The van der Waals surface area contributed by atoms with E-state index in [1.54, 1.807) is 0 Å². The topological polar surface area (TPSA) is 38.0 Å². The molecule has 0 aliphatic carbocycles. The SMILES string of the molecule is C[C@H]1NCCC[C@H]1N. The standard InChI is InChI=1S/C6H14N2/c1-5-6(7)3-2-4-8-5/h5-6,8H,2-4,7H2,1H3/t5-,6-/m1/s1. The number of hydrogen-bond donors (Lipinski definition) is 2. The van der Waals surface area contributed by atoms with E-state index in [1.165, 1.54) is 12.8 Å². The largest absolute Gasteiger partial charge is 0.326 e. The first-order valence-electron chi connectivity index (χ1n) is 3.29. The Morgan fingerprint density at radius 1 is 1.62 bits per heavy atom. The lowest BCUT2D eigenvalue weighted by molar-refractivity contribution is 0.371. The molecule has 48 valence electrons. The maximum absolute atomic E-state index is 5.72. The fourth-order valence-corrected chi connectivity index (χ4v) is 1.07. The summed E-state index contributed by atoms with van der Waals surface area (Å²) in [6.45, 7) is 3.29. The molecular formula is C6H14N2. The third kappa shape index (κ3) is 1.20. The van der Waals surface area contributed by atoms with E-state index in [0.29, 0.717) is 12.1 Å². The molecule has 0 saturated carbocycles. The van der Waals surface area contributed by atoms with E-state index in [9.17, 15) is 0 Å². The van der Waals surface area contributed by atoms with Crippen molar-refractivity contribution in [3.8, 4) is 0 Å². The maximum Gasteiger partial charge on any atom is 0.0192 e. The number of rotatable bonds is 0. The van der Waals surface area contributed by atoms with Crippen LogP contribution in [0.2, 0.25) is 0 Å². The first-order valence-corrected chi connectivity index (χ1v) is 3.29. The Balaban J connectivity index is 2.28. The molecule has 0 amide bonds. The van der Waals surface area contributed by atoms with Crippen molar-refractivity contribution in [2.24, 2.45) is 5.73 Å². The number of nitrogens with two attached hydrogens (primary N) is 1. The summed E-state index contributed by atoms with van der Waals surface area (Å²) in [7, 11) is 0. The second kappa shape index (κ2) is 2.46. The predicted molar refractivity (Wildman–Crippen MR) is 34.7 cm³/mol. The highest BCUT2D eigenvalue weighted by atomic mass is 15.0. The summed E-state index contributed by atoms with van der Waals surface area (Å²) in [5.74, 6) is 0. The fraction of sp³-hybridized carbons (Fsp3) is 1.00. The summed E-state index contributed by atoms with van der Waals surface area (Å²) in [4.78, 5) is 0. The molecule has 8 heavy (non-hydrogen) atoms. The molecule has 0 aromatic carbocycles. The van der Waals surface area contributed by atoms with Crippen molar-refractivity contribution in [2.45, 2.75) is 31.8 Å². The molecule has 0 aromatic heterocycles. The Morgan fingerprint density at radius 3 is 2.75 bits per heavy atom. The molecule has 0 bridgehead atoms. The van der Waals surface area contributed by atoms with E-state index in [-0.39, 0.29) is 0 Å². The maximum atomic E-state index is 5.72. The first kappa shape index (κ1) is 6.05. The monoisotopic (exact) mass is 114 g/mol. The Kier molecular flexibility index (Phi) is 1.86. The molecule has 0 unspecified atom stereocenters. The lowest BCUT2D eigenvalue weighted by atomic mass is 10.0. The average molecular weight is 114 g/mol. The molecule has 1 saturated heterocycles. The van der Waals surface area contributed by atoms with Crippen molar-refractivity contribution in [3.05, 3.63) is 0 Å². The van der Waals surface area contributed by atoms with Crippen LogP contribution in [0.1, 0.15) is 19.8 Å². The second-order valence-corrected chi connectivity index (χ2v) is 2.55. The van der Waals surface area contributed by atoms with Gasteiger partial charge in [0.05, 0.1) is 0 Å². The summed E-state index contributed by atoms with van der Waals surface area (Å²) in [5, 5.41) is 3.31. The van der Waals surface area contributed by atoms with E-state index in [0.717, 1.165) is 6.54 Å². The van der Waals surface area contributed by atoms with Crippen LogP contribution in [0.5, 0.6) is 0 Å². The lowest BCUT2D eigenvalue weighted by Gasteiger charge is -2.26. The van der Waals surface area contributed by atoms with E-state index in [1.807, 2.05) is 0 Å². The van der Waals surface area contributed by atoms with Crippen LogP contribution < -0.4 is 11.1 Å². The van der Waals surface area contributed by atoms with Crippen LogP contribution in [0.15, 0.2) is 0 Å². The zero-order valence-corrected chi connectivity index (χ0v) is 5.35. The lowest BCUT2D eigenvalue weighted by Crippen LogP contribution is -2.47. The van der Waals surface area contributed by atoms with Crippen LogP contribution in [0, 0.1) is 0 Å². The molecule has 1 fully saturated rings. The smallest absolute Gasteiger partial charge is 0.0192 e. The van der Waals surface area contributed by atoms with Crippen LogP contribution in [0.3, 0.4) is 0 Å². The van der Waals surface area contributed by atoms with Gasteiger partial charge in [0, 0.05) is 12.1 Å². The normalized spacial score (nSPS) is 39.8. The average Bonchev–Trinajstić information content (AvgIpc) is 1.77.